The van der Waals surface area contributed by atoms with Crippen LogP contribution in [0.1, 0.15) is 27.0 Å². The number of aliphatic imine (C=N–C) groups is 1. The summed E-state index contributed by atoms with van der Waals surface area (Å²) in [7, 11) is 2.22. The summed E-state index contributed by atoms with van der Waals surface area (Å²) in [6.45, 7) is 4.51. The van der Waals surface area contributed by atoms with Gasteiger partial charge >= 0.3 is 0 Å². The zero-order valence-corrected chi connectivity index (χ0v) is 21.0. The zero-order valence-electron chi connectivity index (χ0n) is 21.0. The lowest BCUT2D eigenvalue weighted by Crippen LogP contribution is -2.26. The molecule has 4 nitrogen and oxygen atoms in total. The fourth-order valence-electron chi connectivity index (χ4n) is 6.38. The van der Waals surface area contributed by atoms with Crippen molar-refractivity contribution < 1.29 is 4.79 Å². The first-order chi connectivity index (χ1) is 18.1. The largest absolute Gasteiger partial charge is 0.371 e. The molecule has 7 rings (SSSR count). The molecule has 2 saturated heterocycles. The van der Waals surface area contributed by atoms with Gasteiger partial charge in [-0.15, -0.1) is 0 Å². The monoisotopic (exact) mass is 483 g/mol. The van der Waals surface area contributed by atoms with Crippen molar-refractivity contribution in [3.05, 3.63) is 119 Å². The summed E-state index contributed by atoms with van der Waals surface area (Å²) >= 11 is 0. The van der Waals surface area contributed by atoms with E-state index in [0.29, 0.717) is 0 Å². The molecule has 0 bridgehead atoms. The van der Waals surface area contributed by atoms with Crippen LogP contribution in [0.25, 0.3) is 11.1 Å². The van der Waals surface area contributed by atoms with Gasteiger partial charge in [0.25, 0.3) is 0 Å². The number of carbonyl (C=O) groups excluding carboxylic acids is 1. The highest BCUT2D eigenvalue weighted by molar-refractivity contribution is 6.22. The number of rotatable bonds is 4. The van der Waals surface area contributed by atoms with Gasteiger partial charge in [-0.05, 0) is 54.3 Å². The quantitative estimate of drug-likeness (QED) is 0.291. The summed E-state index contributed by atoms with van der Waals surface area (Å²) < 4.78 is 0. The summed E-state index contributed by atoms with van der Waals surface area (Å²) in [5.41, 5.74) is 8.56. The first-order valence-electron chi connectivity index (χ1n) is 13.1. The van der Waals surface area contributed by atoms with Crippen LogP contribution in [0, 0.1) is 11.8 Å². The van der Waals surface area contributed by atoms with E-state index in [0.717, 1.165) is 69.7 Å². The Hall–Kier alpha value is -4.02. The summed E-state index contributed by atoms with van der Waals surface area (Å²) in [6.07, 6.45) is 0. The lowest BCUT2D eigenvalue weighted by Gasteiger charge is -2.22. The lowest BCUT2D eigenvalue weighted by atomic mass is 10.0. The molecular formula is C33H29N3O. The molecule has 0 amide bonds. The average Bonchev–Trinajstić information content (AvgIpc) is 3.57. The van der Waals surface area contributed by atoms with Crippen LogP contribution < -0.4 is 4.90 Å². The second kappa shape index (κ2) is 8.82. The Balaban J connectivity index is 1.22. The van der Waals surface area contributed by atoms with E-state index in [2.05, 4.69) is 65.4 Å². The number of hydrogen-bond acceptors (Lipinski definition) is 4. The second-order valence-corrected chi connectivity index (χ2v) is 10.6. The molecule has 0 saturated carbocycles. The smallest absolute Gasteiger partial charge is 0.194 e. The second-order valence-electron chi connectivity index (χ2n) is 10.6. The normalized spacial score (nSPS) is 20.0. The first-order valence-corrected chi connectivity index (χ1v) is 13.1. The van der Waals surface area contributed by atoms with Gasteiger partial charge in [-0.25, -0.2) is 4.99 Å². The predicted octanol–water partition coefficient (Wildman–Crippen LogP) is 6.06. The third-order valence-corrected chi connectivity index (χ3v) is 8.16. The number of fused-ring (bicyclic) bond motifs is 4. The predicted molar refractivity (Wildman–Crippen MR) is 150 cm³/mol. The van der Waals surface area contributed by atoms with Crippen molar-refractivity contribution in [3.8, 4) is 11.1 Å². The molecule has 0 N–H and O–H groups in total. The maximum Gasteiger partial charge on any atom is 0.194 e. The van der Waals surface area contributed by atoms with Crippen molar-refractivity contribution in [3.63, 3.8) is 0 Å². The van der Waals surface area contributed by atoms with Gasteiger partial charge in [0, 0.05) is 54.1 Å². The van der Waals surface area contributed by atoms with Gasteiger partial charge in [0.1, 0.15) is 0 Å². The molecule has 0 radical (unpaired) electrons. The molecule has 4 aromatic rings. The minimum absolute atomic E-state index is 0.101. The molecule has 37 heavy (non-hydrogen) atoms. The molecule has 2 atom stereocenters. The minimum Gasteiger partial charge on any atom is -0.371 e. The number of carbonyl (C=O) groups is 1. The van der Waals surface area contributed by atoms with Gasteiger partial charge in [0.05, 0.1) is 11.4 Å². The van der Waals surface area contributed by atoms with E-state index in [9.17, 15) is 4.79 Å². The molecule has 2 fully saturated rings. The Kier molecular flexibility index (Phi) is 5.29. The topological polar surface area (TPSA) is 35.9 Å². The van der Waals surface area contributed by atoms with Gasteiger partial charge in [-0.2, -0.15) is 0 Å². The highest BCUT2D eigenvalue weighted by atomic mass is 16.1. The van der Waals surface area contributed by atoms with Crippen LogP contribution in [0.3, 0.4) is 0 Å². The summed E-state index contributed by atoms with van der Waals surface area (Å²) in [5.74, 6) is 1.56. The Labute approximate surface area is 217 Å². The fraction of sp³-hybridized carbons (Fsp3) is 0.212. The Morgan fingerprint density at radius 2 is 1.24 bits per heavy atom. The SMILES string of the molecule is CN1CC2CN(c3ccc4c(c3)C(=O)c3cc(N=C(c5ccccc5)c5ccccc5)ccc3-4)CC2C1. The van der Waals surface area contributed by atoms with Crippen LogP contribution in [0.5, 0.6) is 0 Å². The van der Waals surface area contributed by atoms with Crippen LogP contribution in [0.2, 0.25) is 0 Å². The number of nitrogens with zero attached hydrogens (tertiary/aromatic N) is 3. The maximum absolute atomic E-state index is 13.6. The molecule has 0 aromatic heterocycles. The van der Waals surface area contributed by atoms with E-state index in [1.807, 2.05) is 48.5 Å². The summed E-state index contributed by atoms with van der Waals surface area (Å²) in [5, 5.41) is 0. The number of anilines is 1. The van der Waals surface area contributed by atoms with E-state index >= 15 is 0 Å². The van der Waals surface area contributed by atoms with Crippen LogP contribution in [-0.4, -0.2) is 49.6 Å². The molecule has 3 aliphatic rings. The molecule has 4 aromatic carbocycles. The van der Waals surface area contributed by atoms with Crippen molar-refractivity contribution in [2.24, 2.45) is 16.8 Å². The number of ketones is 1. The molecule has 4 heteroatoms. The molecule has 182 valence electrons. The summed E-state index contributed by atoms with van der Waals surface area (Å²) in [4.78, 5) is 23.6. The third-order valence-electron chi connectivity index (χ3n) is 8.16. The van der Waals surface area contributed by atoms with Crippen molar-refractivity contribution in [1.82, 2.24) is 4.90 Å². The van der Waals surface area contributed by atoms with Crippen molar-refractivity contribution in [1.29, 1.82) is 0 Å². The molecular weight excluding hydrogens is 454 g/mol. The van der Waals surface area contributed by atoms with Crippen molar-refractivity contribution in [2.75, 3.05) is 38.1 Å². The third kappa shape index (κ3) is 3.89. The minimum atomic E-state index is 0.101. The molecule has 2 unspecified atom stereocenters. The van der Waals surface area contributed by atoms with Crippen LogP contribution in [0.4, 0.5) is 11.4 Å². The van der Waals surface area contributed by atoms with E-state index in [1.54, 1.807) is 0 Å². The van der Waals surface area contributed by atoms with Crippen LogP contribution in [-0.2, 0) is 0 Å². The Morgan fingerprint density at radius 1 is 0.676 bits per heavy atom. The first kappa shape index (κ1) is 22.2. The number of likely N-dealkylation sites (tertiary alicyclic amines) is 1. The van der Waals surface area contributed by atoms with E-state index in [-0.39, 0.29) is 5.78 Å². The molecule has 2 heterocycles. The fourth-order valence-corrected chi connectivity index (χ4v) is 6.38. The van der Waals surface area contributed by atoms with Gasteiger partial charge < -0.3 is 9.80 Å². The summed E-state index contributed by atoms with van der Waals surface area (Å²) in [6, 6.07) is 32.9. The average molecular weight is 484 g/mol. The van der Waals surface area contributed by atoms with Crippen LogP contribution in [0.15, 0.2) is 102 Å². The Bertz CT molecular complexity index is 1470. The highest BCUT2D eigenvalue weighted by Gasteiger charge is 2.39. The van der Waals surface area contributed by atoms with Gasteiger partial charge in [0.2, 0.25) is 0 Å². The number of benzene rings is 4. The van der Waals surface area contributed by atoms with E-state index in [4.69, 9.17) is 4.99 Å². The highest BCUT2D eigenvalue weighted by Crippen LogP contribution is 2.41. The van der Waals surface area contributed by atoms with Crippen molar-refractivity contribution in [2.45, 2.75) is 0 Å². The standard InChI is InChI=1S/C33H29N3O/c1-35-18-24-20-36(21-25(24)19-35)27-13-15-29-28-14-12-26(16-30(28)33(37)31(29)17-27)34-32(22-8-4-2-5-9-22)23-10-6-3-7-11-23/h2-17,24-25H,18-21H2,1H3. The Morgan fingerprint density at radius 3 is 1.86 bits per heavy atom. The van der Waals surface area contributed by atoms with Crippen molar-refractivity contribution >= 4 is 22.9 Å². The van der Waals surface area contributed by atoms with Crippen LogP contribution >= 0.6 is 0 Å². The van der Waals surface area contributed by atoms with E-state index < -0.39 is 0 Å². The molecule has 1 aliphatic carbocycles. The van der Waals surface area contributed by atoms with Gasteiger partial charge in [-0.1, -0.05) is 72.8 Å². The maximum atomic E-state index is 13.6. The van der Waals surface area contributed by atoms with Gasteiger partial charge in [0.15, 0.2) is 5.78 Å². The molecule has 2 aliphatic heterocycles. The zero-order chi connectivity index (χ0) is 24.9. The molecule has 0 spiro atoms. The lowest BCUT2D eigenvalue weighted by molar-refractivity contribution is 0.104. The van der Waals surface area contributed by atoms with Gasteiger partial charge in [-0.3, -0.25) is 4.79 Å². The van der Waals surface area contributed by atoms with E-state index in [1.165, 1.54) is 18.8 Å². The number of hydrogen-bond donors (Lipinski definition) is 0.